The van der Waals surface area contributed by atoms with Crippen LogP contribution in [0.3, 0.4) is 0 Å². The summed E-state index contributed by atoms with van der Waals surface area (Å²) < 4.78 is 19.9. The molecule has 2 aliphatic heterocycles. The predicted molar refractivity (Wildman–Crippen MR) is 145 cm³/mol. The molecule has 2 aromatic rings. The largest absolute Gasteiger partial charge is 0.455 e. The van der Waals surface area contributed by atoms with Gasteiger partial charge in [-0.2, -0.15) is 0 Å². The van der Waals surface area contributed by atoms with Crippen molar-refractivity contribution in [3.05, 3.63) is 47.5 Å². The minimum atomic E-state index is -1.25. The van der Waals surface area contributed by atoms with Crippen LogP contribution in [-0.2, 0) is 14.2 Å². The molecule has 4 fully saturated rings. The van der Waals surface area contributed by atoms with Crippen LogP contribution in [0, 0.1) is 30.6 Å². The van der Waals surface area contributed by atoms with Crippen LogP contribution in [-0.4, -0.2) is 52.5 Å². The Bertz CT molecular complexity index is 1190. The Morgan fingerprint density at radius 3 is 2.63 bits per heavy atom. The highest BCUT2D eigenvalue weighted by Crippen LogP contribution is 2.64. The van der Waals surface area contributed by atoms with Gasteiger partial charge in [-0.1, -0.05) is 56.5 Å². The predicted octanol–water partition coefficient (Wildman–Crippen LogP) is 5.54. The minimum absolute atomic E-state index is 0.156. The van der Waals surface area contributed by atoms with Crippen molar-refractivity contribution in [2.24, 2.45) is 23.7 Å². The molecule has 2 saturated heterocycles. The van der Waals surface area contributed by atoms with Gasteiger partial charge in [-0.05, 0) is 79.7 Å². The lowest BCUT2D eigenvalue weighted by Gasteiger charge is -2.54. The first-order valence-corrected chi connectivity index (χ1v) is 14.6. The second kappa shape index (κ2) is 9.88. The van der Waals surface area contributed by atoms with Crippen molar-refractivity contribution in [1.82, 2.24) is 0 Å². The summed E-state index contributed by atoms with van der Waals surface area (Å²) in [4.78, 5) is 14.0. The van der Waals surface area contributed by atoms with Gasteiger partial charge in [0.2, 0.25) is 0 Å². The highest BCUT2D eigenvalue weighted by molar-refractivity contribution is 5.98. The zero-order valence-electron chi connectivity index (χ0n) is 22.9. The van der Waals surface area contributed by atoms with Gasteiger partial charge in [-0.15, -0.1) is 0 Å². The average Bonchev–Trinajstić information content (AvgIpc) is 3.44. The van der Waals surface area contributed by atoms with Crippen molar-refractivity contribution in [2.75, 3.05) is 6.61 Å². The molecule has 2 heterocycles. The molecule has 0 spiro atoms. The first-order valence-electron chi connectivity index (χ1n) is 14.6. The van der Waals surface area contributed by atoms with Gasteiger partial charge in [-0.3, -0.25) is 0 Å². The summed E-state index contributed by atoms with van der Waals surface area (Å²) in [6.45, 7) is 5.97. The molecule has 6 heteroatoms. The van der Waals surface area contributed by atoms with E-state index < -0.39 is 24.1 Å². The number of aliphatic hydroxyl groups excluding tert-OH is 2. The van der Waals surface area contributed by atoms with Gasteiger partial charge in [0.25, 0.3) is 0 Å². The molecule has 2 saturated carbocycles. The number of rotatable bonds is 6. The summed E-state index contributed by atoms with van der Waals surface area (Å²) in [7, 11) is 0. The highest BCUT2D eigenvalue weighted by atomic mass is 16.7. The lowest BCUT2D eigenvalue weighted by Crippen LogP contribution is -2.63. The smallest absolute Gasteiger partial charge is 0.338 e. The van der Waals surface area contributed by atoms with Crippen LogP contribution in [0.2, 0.25) is 0 Å². The third kappa shape index (κ3) is 4.02. The van der Waals surface area contributed by atoms with E-state index >= 15 is 0 Å². The number of esters is 1. The molecule has 38 heavy (non-hydrogen) atoms. The fraction of sp³-hybridized carbons (Fsp3) is 0.656. The maximum Gasteiger partial charge on any atom is 0.338 e. The van der Waals surface area contributed by atoms with E-state index in [1.54, 1.807) is 0 Å². The summed E-state index contributed by atoms with van der Waals surface area (Å²) in [5.74, 6) is 0.699. The van der Waals surface area contributed by atoms with Gasteiger partial charge in [0.05, 0.1) is 23.9 Å². The Balaban J connectivity index is 1.41. The molecule has 4 aliphatic rings. The summed E-state index contributed by atoms with van der Waals surface area (Å²) in [6.07, 6.45) is 6.19. The minimum Gasteiger partial charge on any atom is -0.455 e. The molecule has 2 N–H and O–H groups in total. The van der Waals surface area contributed by atoms with Crippen molar-refractivity contribution in [3.63, 3.8) is 0 Å². The van der Waals surface area contributed by atoms with Crippen molar-refractivity contribution in [3.8, 4) is 0 Å². The number of aryl methyl sites for hydroxylation is 1. The Morgan fingerprint density at radius 1 is 1.11 bits per heavy atom. The number of benzene rings is 2. The molecule has 2 bridgehead atoms. The fourth-order valence-electron chi connectivity index (χ4n) is 8.72. The van der Waals surface area contributed by atoms with Gasteiger partial charge in [0, 0.05) is 12.3 Å². The van der Waals surface area contributed by atoms with E-state index in [0.29, 0.717) is 17.9 Å². The number of carbonyl (C=O) groups is 1. The number of ether oxygens (including phenoxy) is 3. The molecule has 8 unspecified atom stereocenters. The van der Waals surface area contributed by atoms with Crippen LogP contribution in [0.5, 0.6) is 0 Å². The van der Waals surface area contributed by atoms with E-state index in [2.05, 4.69) is 26.0 Å². The highest BCUT2D eigenvalue weighted by Gasteiger charge is 2.72. The van der Waals surface area contributed by atoms with Crippen molar-refractivity contribution < 1.29 is 29.2 Å². The molecular formula is C32H42O6. The topological polar surface area (TPSA) is 85.2 Å². The van der Waals surface area contributed by atoms with Gasteiger partial charge in [0.15, 0.2) is 6.29 Å². The summed E-state index contributed by atoms with van der Waals surface area (Å²) in [6, 6.07) is 12.0. The van der Waals surface area contributed by atoms with E-state index in [9.17, 15) is 15.0 Å². The van der Waals surface area contributed by atoms with E-state index in [1.807, 2.05) is 31.2 Å². The standard InChI is InChI=1S/C32H42O6/c1-19-13-16-25-28(19)29(37-30(35)24-15-14-21-9-7-8-12-23(21)20(24)2)32(22-10-5-4-6-11-22)17-26(31(25,3)38-32)36-27(34)18-33/h7-9,12,14-15,19,22,25-29,33-34H,4-6,10-11,13,16-18H2,1-3H3. The van der Waals surface area contributed by atoms with Crippen molar-refractivity contribution >= 4 is 16.7 Å². The van der Waals surface area contributed by atoms with Crippen LogP contribution in [0.25, 0.3) is 10.8 Å². The molecule has 6 rings (SSSR count). The first kappa shape index (κ1) is 26.2. The van der Waals surface area contributed by atoms with Crippen LogP contribution >= 0.6 is 0 Å². The number of fused-ring (bicyclic) bond motifs is 5. The summed E-state index contributed by atoms with van der Waals surface area (Å²) in [5, 5.41) is 22.1. The Labute approximate surface area is 225 Å². The fourth-order valence-corrected chi connectivity index (χ4v) is 8.72. The third-order valence-corrected chi connectivity index (χ3v) is 10.6. The first-order chi connectivity index (χ1) is 18.3. The molecule has 0 aromatic heterocycles. The SMILES string of the molecule is Cc1c(C(=O)OC2C3C(C)CCC3C3(C)OC2(C2CCCCC2)CC3OC(O)CO)ccc2ccccc12. The second-order valence-electron chi connectivity index (χ2n) is 12.6. The molecule has 2 aromatic carbocycles. The van der Waals surface area contributed by atoms with Gasteiger partial charge in [-0.25, -0.2) is 4.79 Å². The average molecular weight is 523 g/mol. The molecule has 0 amide bonds. The molecular weight excluding hydrogens is 480 g/mol. The summed E-state index contributed by atoms with van der Waals surface area (Å²) in [5.41, 5.74) is 0.302. The van der Waals surface area contributed by atoms with Crippen molar-refractivity contribution in [1.29, 1.82) is 0 Å². The maximum absolute atomic E-state index is 14.0. The maximum atomic E-state index is 14.0. The molecule has 0 radical (unpaired) electrons. The third-order valence-electron chi connectivity index (χ3n) is 10.6. The Kier molecular flexibility index (Phi) is 6.83. The Hall–Kier alpha value is -1.99. The normalized spacial score (nSPS) is 37.8. The van der Waals surface area contributed by atoms with Gasteiger partial charge < -0.3 is 24.4 Å². The number of aliphatic hydroxyl groups is 2. The molecule has 2 aliphatic carbocycles. The van der Waals surface area contributed by atoms with Crippen LogP contribution in [0.15, 0.2) is 36.4 Å². The lowest BCUT2D eigenvalue weighted by atomic mass is 9.66. The van der Waals surface area contributed by atoms with E-state index in [-0.39, 0.29) is 35.9 Å². The summed E-state index contributed by atoms with van der Waals surface area (Å²) >= 11 is 0. The van der Waals surface area contributed by atoms with E-state index in [1.165, 1.54) is 6.42 Å². The van der Waals surface area contributed by atoms with Crippen LogP contribution in [0.1, 0.15) is 81.1 Å². The van der Waals surface area contributed by atoms with E-state index in [4.69, 9.17) is 14.2 Å². The van der Waals surface area contributed by atoms with Crippen LogP contribution < -0.4 is 0 Å². The Morgan fingerprint density at radius 2 is 1.87 bits per heavy atom. The number of hydrogen-bond acceptors (Lipinski definition) is 6. The second-order valence-corrected chi connectivity index (χ2v) is 12.6. The van der Waals surface area contributed by atoms with E-state index in [0.717, 1.165) is 54.9 Å². The van der Waals surface area contributed by atoms with Crippen molar-refractivity contribution in [2.45, 2.75) is 102 Å². The lowest BCUT2D eigenvalue weighted by molar-refractivity contribution is -0.274. The zero-order chi connectivity index (χ0) is 26.7. The number of hydrogen-bond donors (Lipinski definition) is 2. The van der Waals surface area contributed by atoms with Gasteiger partial charge >= 0.3 is 5.97 Å². The van der Waals surface area contributed by atoms with Crippen LogP contribution in [0.4, 0.5) is 0 Å². The molecule has 8 atom stereocenters. The monoisotopic (exact) mass is 522 g/mol. The molecule has 6 nitrogen and oxygen atoms in total. The number of carbonyl (C=O) groups excluding carboxylic acids is 1. The quantitative estimate of drug-likeness (QED) is 0.383. The zero-order valence-corrected chi connectivity index (χ0v) is 22.9. The molecule has 206 valence electrons. The van der Waals surface area contributed by atoms with Gasteiger partial charge in [0.1, 0.15) is 11.7 Å².